The molecule has 0 radical (unpaired) electrons. The van der Waals surface area contributed by atoms with Gasteiger partial charge in [0.2, 0.25) is 5.91 Å². The van der Waals surface area contributed by atoms with Crippen molar-refractivity contribution in [3.63, 3.8) is 0 Å². The van der Waals surface area contributed by atoms with Gasteiger partial charge < -0.3 is 10.6 Å². The lowest BCUT2D eigenvalue weighted by atomic mass is 10.1. The molecule has 4 heteroatoms. The molecule has 1 aliphatic carbocycles. The molecule has 1 aliphatic rings. The van der Waals surface area contributed by atoms with Crippen molar-refractivity contribution in [2.24, 2.45) is 0 Å². The average Bonchev–Trinajstić information content (AvgIpc) is 2.46. The van der Waals surface area contributed by atoms with Crippen LogP contribution < -0.4 is 10.6 Å². The Morgan fingerprint density at radius 3 is 2.40 bits per heavy atom. The van der Waals surface area contributed by atoms with Crippen molar-refractivity contribution < 1.29 is 4.79 Å². The van der Waals surface area contributed by atoms with Gasteiger partial charge in [0.25, 0.3) is 0 Å². The molecule has 86 valence electrons. The average molecular weight is 228 g/mol. The van der Waals surface area contributed by atoms with Crippen molar-refractivity contribution in [2.75, 3.05) is 0 Å². The third-order valence-corrected chi connectivity index (χ3v) is 2.98. The molecule has 2 N–H and O–H groups in total. The summed E-state index contributed by atoms with van der Waals surface area (Å²) in [6.45, 7) is 1.82. The number of thiocarbonyl (C=S) groups is 1. The van der Waals surface area contributed by atoms with Crippen LogP contribution in [0.4, 0.5) is 0 Å². The quantitative estimate of drug-likeness (QED) is 0.562. The summed E-state index contributed by atoms with van der Waals surface area (Å²) in [5.74, 6) is -0.0129. The van der Waals surface area contributed by atoms with Gasteiger partial charge in [0.1, 0.15) is 0 Å². The lowest BCUT2D eigenvalue weighted by molar-refractivity contribution is -0.119. The Morgan fingerprint density at radius 1 is 1.27 bits per heavy atom. The molecule has 0 spiro atoms. The summed E-state index contributed by atoms with van der Waals surface area (Å²) in [6, 6.07) is 0.456. The molecule has 1 fully saturated rings. The van der Waals surface area contributed by atoms with Crippen molar-refractivity contribution in [3.8, 4) is 0 Å². The van der Waals surface area contributed by atoms with Crippen LogP contribution in [0.1, 0.15) is 51.9 Å². The topological polar surface area (TPSA) is 41.1 Å². The van der Waals surface area contributed by atoms with E-state index in [1.54, 1.807) is 0 Å². The molecule has 1 saturated carbocycles. The van der Waals surface area contributed by atoms with E-state index in [0.29, 0.717) is 17.6 Å². The Morgan fingerprint density at radius 2 is 1.87 bits per heavy atom. The third-order valence-electron chi connectivity index (χ3n) is 2.76. The van der Waals surface area contributed by atoms with Crippen LogP contribution in [-0.4, -0.2) is 17.1 Å². The summed E-state index contributed by atoms with van der Waals surface area (Å²) in [7, 11) is 0. The highest BCUT2D eigenvalue weighted by molar-refractivity contribution is 7.80. The SMILES string of the molecule is CCC(=O)NC(=S)NC1CCCCCC1. The van der Waals surface area contributed by atoms with Crippen molar-refractivity contribution in [1.29, 1.82) is 0 Å². The first-order valence-electron chi connectivity index (χ1n) is 5.82. The molecule has 0 heterocycles. The van der Waals surface area contributed by atoms with Crippen LogP contribution in [0.3, 0.4) is 0 Å². The highest BCUT2D eigenvalue weighted by Gasteiger charge is 2.13. The Hall–Kier alpha value is -0.640. The van der Waals surface area contributed by atoms with Gasteiger partial charge in [0, 0.05) is 12.5 Å². The maximum atomic E-state index is 11.1. The summed E-state index contributed by atoms with van der Waals surface area (Å²) < 4.78 is 0. The van der Waals surface area contributed by atoms with E-state index in [1.807, 2.05) is 6.92 Å². The Bertz CT molecular complexity index is 223. The number of carbonyl (C=O) groups is 1. The van der Waals surface area contributed by atoms with E-state index < -0.39 is 0 Å². The smallest absolute Gasteiger partial charge is 0.225 e. The molecule has 1 rings (SSSR count). The molecule has 0 aromatic rings. The maximum Gasteiger partial charge on any atom is 0.225 e. The molecule has 3 nitrogen and oxygen atoms in total. The second-order valence-corrected chi connectivity index (χ2v) is 4.47. The van der Waals surface area contributed by atoms with Gasteiger partial charge in [-0.25, -0.2) is 0 Å². The summed E-state index contributed by atoms with van der Waals surface area (Å²) in [6.07, 6.45) is 8.00. The fourth-order valence-electron chi connectivity index (χ4n) is 1.86. The minimum atomic E-state index is -0.0129. The molecule has 15 heavy (non-hydrogen) atoms. The van der Waals surface area contributed by atoms with Gasteiger partial charge >= 0.3 is 0 Å². The number of carbonyl (C=O) groups excluding carboxylic acids is 1. The zero-order valence-corrected chi connectivity index (χ0v) is 10.2. The largest absolute Gasteiger partial charge is 0.360 e. The monoisotopic (exact) mass is 228 g/mol. The van der Waals surface area contributed by atoms with Crippen LogP contribution in [0.5, 0.6) is 0 Å². The van der Waals surface area contributed by atoms with E-state index in [1.165, 1.54) is 38.5 Å². The minimum Gasteiger partial charge on any atom is -0.360 e. The lowest BCUT2D eigenvalue weighted by Crippen LogP contribution is -2.43. The van der Waals surface area contributed by atoms with Gasteiger partial charge in [0.15, 0.2) is 5.11 Å². The van der Waals surface area contributed by atoms with Gasteiger partial charge in [-0.15, -0.1) is 0 Å². The van der Waals surface area contributed by atoms with Crippen LogP contribution in [0.15, 0.2) is 0 Å². The molecule has 1 amide bonds. The first-order valence-corrected chi connectivity index (χ1v) is 6.23. The number of nitrogens with one attached hydrogen (secondary N) is 2. The Kier molecular flexibility index (Phi) is 5.61. The molecule has 0 aromatic carbocycles. The van der Waals surface area contributed by atoms with Gasteiger partial charge in [0.05, 0.1) is 0 Å². The number of hydrogen-bond acceptors (Lipinski definition) is 2. The van der Waals surface area contributed by atoms with Crippen LogP contribution in [0.2, 0.25) is 0 Å². The van der Waals surface area contributed by atoms with Gasteiger partial charge in [-0.1, -0.05) is 32.6 Å². The third kappa shape index (κ3) is 5.11. The summed E-state index contributed by atoms with van der Waals surface area (Å²) >= 11 is 5.08. The normalized spacial score (nSPS) is 17.9. The summed E-state index contributed by atoms with van der Waals surface area (Å²) in [4.78, 5) is 11.1. The van der Waals surface area contributed by atoms with Crippen LogP contribution >= 0.6 is 12.2 Å². The summed E-state index contributed by atoms with van der Waals surface area (Å²) in [5, 5.41) is 6.40. The first-order chi connectivity index (χ1) is 7.22. The Labute approximate surface area is 97.0 Å². The van der Waals surface area contributed by atoms with E-state index in [4.69, 9.17) is 12.2 Å². The fraction of sp³-hybridized carbons (Fsp3) is 0.818. The number of hydrogen-bond donors (Lipinski definition) is 2. The highest BCUT2D eigenvalue weighted by atomic mass is 32.1. The fourth-order valence-corrected chi connectivity index (χ4v) is 2.14. The predicted molar refractivity (Wildman–Crippen MR) is 65.7 cm³/mol. The van der Waals surface area contributed by atoms with E-state index in [2.05, 4.69) is 10.6 Å². The summed E-state index contributed by atoms with van der Waals surface area (Å²) in [5.41, 5.74) is 0. The van der Waals surface area contributed by atoms with Crippen molar-refractivity contribution in [2.45, 2.75) is 57.9 Å². The second-order valence-electron chi connectivity index (χ2n) is 4.06. The maximum absolute atomic E-state index is 11.1. The first kappa shape index (κ1) is 12.4. The number of amides is 1. The lowest BCUT2D eigenvalue weighted by Gasteiger charge is -2.18. The zero-order chi connectivity index (χ0) is 11.1. The van der Waals surface area contributed by atoms with Gasteiger partial charge in [-0.05, 0) is 25.1 Å². The molecular weight excluding hydrogens is 208 g/mol. The predicted octanol–water partition coefficient (Wildman–Crippen LogP) is 2.11. The zero-order valence-electron chi connectivity index (χ0n) is 9.34. The minimum absolute atomic E-state index is 0.0129. The van der Waals surface area contributed by atoms with Crippen molar-refractivity contribution in [3.05, 3.63) is 0 Å². The molecule has 0 bridgehead atoms. The van der Waals surface area contributed by atoms with E-state index in [9.17, 15) is 4.79 Å². The van der Waals surface area contributed by atoms with E-state index >= 15 is 0 Å². The van der Waals surface area contributed by atoms with Crippen molar-refractivity contribution in [1.82, 2.24) is 10.6 Å². The van der Waals surface area contributed by atoms with Gasteiger partial charge in [-0.2, -0.15) is 0 Å². The second kappa shape index (κ2) is 6.77. The van der Waals surface area contributed by atoms with Crippen LogP contribution in [-0.2, 0) is 4.79 Å². The molecule has 0 atom stereocenters. The van der Waals surface area contributed by atoms with E-state index in [-0.39, 0.29) is 5.91 Å². The van der Waals surface area contributed by atoms with Crippen LogP contribution in [0, 0.1) is 0 Å². The van der Waals surface area contributed by atoms with Crippen molar-refractivity contribution >= 4 is 23.2 Å². The molecule has 0 aromatic heterocycles. The Balaban J connectivity index is 2.26. The molecule has 0 aliphatic heterocycles. The van der Waals surface area contributed by atoms with Crippen LogP contribution in [0.25, 0.3) is 0 Å². The molecule has 0 saturated heterocycles. The number of rotatable bonds is 2. The molecular formula is C11H20N2OS. The van der Waals surface area contributed by atoms with Gasteiger partial charge in [-0.3, -0.25) is 4.79 Å². The molecule has 0 unspecified atom stereocenters. The van der Waals surface area contributed by atoms with E-state index in [0.717, 1.165) is 0 Å². The standard InChI is InChI=1S/C11H20N2OS/c1-2-10(14)13-11(15)12-9-7-5-3-4-6-8-9/h9H,2-8H2,1H3,(H2,12,13,14,15). The highest BCUT2D eigenvalue weighted by Crippen LogP contribution is 2.16.